The lowest BCUT2D eigenvalue weighted by molar-refractivity contribution is 0.0857. The third-order valence-corrected chi connectivity index (χ3v) is 4.99. The standard InChI is InChI=1S/C18H22N4O3S/c19-8-16-22-15(11-26-16)18(24)20-9-12-3-1-4-13(7-12)17(23)21-10-14-5-2-6-25-14/h1,3-4,7,11,14H,2,5-6,8-10,19H2,(H,20,24)(H,21,23). The third-order valence-electron chi connectivity index (χ3n) is 4.12. The first-order valence-corrected chi connectivity index (χ1v) is 9.45. The number of thiazole rings is 1. The molecule has 26 heavy (non-hydrogen) atoms. The topological polar surface area (TPSA) is 106 Å². The Morgan fingerprint density at radius 1 is 1.31 bits per heavy atom. The van der Waals surface area contributed by atoms with Crippen molar-refractivity contribution in [2.45, 2.75) is 32.0 Å². The Kier molecular flexibility index (Phi) is 6.32. The highest BCUT2D eigenvalue weighted by Gasteiger charge is 2.17. The van der Waals surface area contributed by atoms with Crippen molar-refractivity contribution in [1.82, 2.24) is 15.6 Å². The molecule has 1 aliphatic heterocycles. The number of nitrogens with zero attached hydrogens (tertiary/aromatic N) is 1. The number of aromatic nitrogens is 1. The van der Waals surface area contributed by atoms with E-state index in [1.807, 2.05) is 6.07 Å². The average Bonchev–Trinajstić information content (AvgIpc) is 3.36. The fourth-order valence-electron chi connectivity index (χ4n) is 2.72. The summed E-state index contributed by atoms with van der Waals surface area (Å²) in [6.07, 6.45) is 2.13. The number of hydrogen-bond acceptors (Lipinski definition) is 6. The number of rotatable bonds is 7. The van der Waals surface area contributed by atoms with Crippen LogP contribution in [0.15, 0.2) is 29.6 Å². The van der Waals surface area contributed by atoms with Gasteiger partial charge >= 0.3 is 0 Å². The van der Waals surface area contributed by atoms with Crippen molar-refractivity contribution in [3.05, 3.63) is 51.5 Å². The summed E-state index contributed by atoms with van der Waals surface area (Å²) in [4.78, 5) is 28.5. The van der Waals surface area contributed by atoms with E-state index >= 15 is 0 Å². The molecule has 0 radical (unpaired) electrons. The highest BCUT2D eigenvalue weighted by Crippen LogP contribution is 2.12. The molecule has 1 unspecified atom stereocenters. The van der Waals surface area contributed by atoms with Gasteiger partial charge in [0.2, 0.25) is 0 Å². The van der Waals surface area contributed by atoms with Crippen molar-refractivity contribution in [2.24, 2.45) is 5.73 Å². The molecule has 7 nitrogen and oxygen atoms in total. The second-order valence-corrected chi connectivity index (χ2v) is 7.00. The van der Waals surface area contributed by atoms with Gasteiger partial charge in [0.15, 0.2) is 0 Å². The van der Waals surface area contributed by atoms with E-state index in [0.717, 1.165) is 30.0 Å². The van der Waals surface area contributed by atoms with Gasteiger partial charge in [-0.25, -0.2) is 4.98 Å². The summed E-state index contributed by atoms with van der Waals surface area (Å²) in [6.45, 7) is 1.93. The van der Waals surface area contributed by atoms with Crippen molar-refractivity contribution in [3.63, 3.8) is 0 Å². The first-order chi connectivity index (χ1) is 12.7. The number of hydrogen-bond donors (Lipinski definition) is 3. The minimum absolute atomic E-state index is 0.109. The van der Waals surface area contributed by atoms with Crippen LogP contribution in [0.4, 0.5) is 0 Å². The van der Waals surface area contributed by atoms with E-state index in [4.69, 9.17) is 10.5 Å². The number of nitrogens with one attached hydrogen (secondary N) is 2. The zero-order valence-electron chi connectivity index (χ0n) is 14.4. The summed E-state index contributed by atoms with van der Waals surface area (Å²) in [5, 5.41) is 8.11. The van der Waals surface area contributed by atoms with Gasteiger partial charge in [-0.15, -0.1) is 11.3 Å². The molecule has 1 atom stereocenters. The smallest absolute Gasteiger partial charge is 0.271 e. The second-order valence-electron chi connectivity index (χ2n) is 6.06. The fraction of sp³-hybridized carbons (Fsp3) is 0.389. The molecule has 0 bridgehead atoms. The summed E-state index contributed by atoms with van der Waals surface area (Å²) >= 11 is 1.36. The largest absolute Gasteiger partial charge is 0.376 e. The number of amides is 2. The van der Waals surface area contributed by atoms with Gasteiger partial charge in [0, 0.05) is 37.2 Å². The molecular formula is C18H22N4O3S. The minimum atomic E-state index is -0.255. The summed E-state index contributed by atoms with van der Waals surface area (Å²) < 4.78 is 5.50. The molecule has 2 heterocycles. The Hall–Kier alpha value is -2.29. The minimum Gasteiger partial charge on any atom is -0.376 e. The van der Waals surface area contributed by atoms with E-state index in [9.17, 15) is 9.59 Å². The Balaban J connectivity index is 1.53. The molecule has 3 rings (SSSR count). The number of ether oxygens (including phenoxy) is 1. The zero-order valence-corrected chi connectivity index (χ0v) is 15.2. The van der Waals surface area contributed by atoms with Gasteiger partial charge < -0.3 is 21.1 Å². The second kappa shape index (κ2) is 8.88. The normalized spacial score (nSPS) is 16.4. The average molecular weight is 374 g/mol. The third kappa shape index (κ3) is 4.87. The van der Waals surface area contributed by atoms with Gasteiger partial charge in [0.25, 0.3) is 11.8 Å². The summed E-state index contributed by atoms with van der Waals surface area (Å²) in [5.74, 6) is -0.394. The maximum atomic E-state index is 12.3. The lowest BCUT2D eigenvalue weighted by Gasteiger charge is -2.11. The van der Waals surface area contributed by atoms with Crippen LogP contribution in [0.2, 0.25) is 0 Å². The van der Waals surface area contributed by atoms with Crippen LogP contribution in [-0.4, -0.2) is 36.1 Å². The molecule has 2 aromatic rings. The van der Waals surface area contributed by atoms with Crippen LogP contribution in [-0.2, 0) is 17.8 Å². The number of carbonyl (C=O) groups excluding carboxylic acids is 2. The highest BCUT2D eigenvalue weighted by atomic mass is 32.1. The molecule has 0 aliphatic carbocycles. The predicted molar refractivity (Wildman–Crippen MR) is 98.9 cm³/mol. The van der Waals surface area contributed by atoms with Crippen LogP contribution in [0.3, 0.4) is 0 Å². The molecule has 1 fully saturated rings. The molecule has 1 saturated heterocycles. The molecule has 138 valence electrons. The zero-order chi connectivity index (χ0) is 18.4. The van der Waals surface area contributed by atoms with Gasteiger partial charge in [0.05, 0.1) is 6.10 Å². The van der Waals surface area contributed by atoms with Crippen LogP contribution in [0.25, 0.3) is 0 Å². The van der Waals surface area contributed by atoms with E-state index in [-0.39, 0.29) is 17.9 Å². The van der Waals surface area contributed by atoms with Crippen LogP contribution in [0, 0.1) is 0 Å². The first kappa shape index (κ1) is 18.5. The van der Waals surface area contributed by atoms with E-state index in [1.54, 1.807) is 23.6 Å². The van der Waals surface area contributed by atoms with Gasteiger partial charge in [0.1, 0.15) is 10.7 Å². The number of benzene rings is 1. The van der Waals surface area contributed by atoms with Crippen LogP contribution < -0.4 is 16.4 Å². The van der Waals surface area contributed by atoms with Crippen molar-refractivity contribution >= 4 is 23.2 Å². The van der Waals surface area contributed by atoms with Gasteiger partial charge in [-0.3, -0.25) is 9.59 Å². The van der Waals surface area contributed by atoms with E-state index in [1.165, 1.54) is 11.3 Å². The molecule has 0 saturated carbocycles. The lowest BCUT2D eigenvalue weighted by atomic mass is 10.1. The molecule has 1 aliphatic rings. The maximum absolute atomic E-state index is 12.3. The van der Waals surface area contributed by atoms with Gasteiger partial charge in [-0.1, -0.05) is 12.1 Å². The SMILES string of the molecule is NCc1nc(C(=O)NCc2cccc(C(=O)NCC3CCCO3)c2)cs1. The summed E-state index contributed by atoms with van der Waals surface area (Å²) in [7, 11) is 0. The van der Waals surface area contributed by atoms with Crippen molar-refractivity contribution in [2.75, 3.05) is 13.2 Å². The Morgan fingerprint density at radius 2 is 2.19 bits per heavy atom. The summed E-state index contributed by atoms with van der Waals surface area (Å²) in [5.41, 5.74) is 7.28. The highest BCUT2D eigenvalue weighted by molar-refractivity contribution is 7.09. The molecule has 1 aromatic heterocycles. The first-order valence-electron chi connectivity index (χ1n) is 8.57. The Bertz CT molecular complexity index is 771. The summed E-state index contributed by atoms with van der Waals surface area (Å²) in [6, 6.07) is 7.20. The van der Waals surface area contributed by atoms with Crippen molar-refractivity contribution in [3.8, 4) is 0 Å². The van der Waals surface area contributed by atoms with Crippen molar-refractivity contribution in [1.29, 1.82) is 0 Å². The van der Waals surface area contributed by atoms with Crippen LogP contribution >= 0.6 is 11.3 Å². The van der Waals surface area contributed by atoms with E-state index in [2.05, 4.69) is 15.6 Å². The molecule has 4 N–H and O–H groups in total. The Labute approximate surface area is 156 Å². The number of carbonyl (C=O) groups is 2. The number of nitrogens with two attached hydrogens (primary N) is 1. The molecule has 2 amide bonds. The van der Waals surface area contributed by atoms with Crippen LogP contribution in [0.5, 0.6) is 0 Å². The van der Waals surface area contributed by atoms with Crippen LogP contribution in [0.1, 0.15) is 44.3 Å². The van der Waals surface area contributed by atoms with E-state index in [0.29, 0.717) is 30.9 Å². The van der Waals surface area contributed by atoms with E-state index < -0.39 is 0 Å². The molecule has 8 heteroatoms. The predicted octanol–water partition coefficient (Wildman–Crippen LogP) is 1.44. The molecular weight excluding hydrogens is 352 g/mol. The lowest BCUT2D eigenvalue weighted by Crippen LogP contribution is -2.31. The van der Waals surface area contributed by atoms with Crippen molar-refractivity contribution < 1.29 is 14.3 Å². The molecule has 1 aromatic carbocycles. The Morgan fingerprint density at radius 3 is 2.92 bits per heavy atom. The monoisotopic (exact) mass is 374 g/mol. The van der Waals surface area contributed by atoms with Gasteiger partial charge in [-0.2, -0.15) is 0 Å². The quantitative estimate of drug-likeness (QED) is 0.680. The fourth-order valence-corrected chi connectivity index (χ4v) is 3.37. The molecule has 0 spiro atoms. The maximum Gasteiger partial charge on any atom is 0.271 e. The van der Waals surface area contributed by atoms with Gasteiger partial charge in [-0.05, 0) is 30.5 Å².